The van der Waals surface area contributed by atoms with Crippen LogP contribution in [0.4, 0.5) is 0 Å². The lowest BCUT2D eigenvalue weighted by Gasteiger charge is -2.11. The molecule has 0 bridgehead atoms. The summed E-state index contributed by atoms with van der Waals surface area (Å²) in [5.74, 6) is 0.632. The van der Waals surface area contributed by atoms with Crippen LogP contribution in [0.15, 0.2) is 18.3 Å². The van der Waals surface area contributed by atoms with Crippen LogP contribution in [0.5, 0.6) is 5.75 Å². The van der Waals surface area contributed by atoms with Gasteiger partial charge in [-0.05, 0) is 25.0 Å². The monoisotopic (exact) mass is 233 g/mol. The Morgan fingerprint density at radius 2 is 2.18 bits per heavy atom. The molecule has 2 atom stereocenters. The van der Waals surface area contributed by atoms with Gasteiger partial charge in [-0.15, -0.1) is 0 Å². The third-order valence-electron chi connectivity index (χ3n) is 2.59. The summed E-state index contributed by atoms with van der Waals surface area (Å²) in [5, 5.41) is 8.78. The van der Waals surface area contributed by atoms with Crippen molar-refractivity contribution in [3.8, 4) is 11.8 Å². The van der Waals surface area contributed by atoms with Crippen molar-refractivity contribution in [3.63, 3.8) is 0 Å². The summed E-state index contributed by atoms with van der Waals surface area (Å²) >= 11 is 0. The minimum atomic E-state index is -0.402. The Hall–Kier alpha value is -1.60. The predicted molar refractivity (Wildman–Crippen MR) is 66.5 cm³/mol. The van der Waals surface area contributed by atoms with Gasteiger partial charge >= 0.3 is 0 Å². The lowest BCUT2D eigenvalue weighted by Crippen LogP contribution is -2.21. The first-order valence-electron chi connectivity index (χ1n) is 5.96. The lowest BCUT2D eigenvalue weighted by atomic mass is 10.1. The average Bonchev–Trinajstić information content (AvgIpc) is 2.37. The molecule has 0 fully saturated rings. The Morgan fingerprint density at radius 3 is 2.65 bits per heavy atom. The van der Waals surface area contributed by atoms with Crippen molar-refractivity contribution in [1.82, 2.24) is 4.98 Å². The number of hydrogen-bond donors (Lipinski definition) is 1. The highest BCUT2D eigenvalue weighted by atomic mass is 16.5. The van der Waals surface area contributed by atoms with Crippen LogP contribution in [0.25, 0.3) is 0 Å². The standard InChI is InChI=1S/C13H19N3O/c1-3-10(15)7-11-5-6-13(9-16-11)17-12(4-2)8-14/h5-6,9-10,12H,3-4,7,15H2,1-2H3. The van der Waals surface area contributed by atoms with Crippen LogP contribution in [-0.2, 0) is 6.42 Å². The van der Waals surface area contributed by atoms with E-state index < -0.39 is 6.10 Å². The molecule has 0 saturated heterocycles. The zero-order chi connectivity index (χ0) is 12.7. The van der Waals surface area contributed by atoms with Gasteiger partial charge in [-0.25, -0.2) is 0 Å². The van der Waals surface area contributed by atoms with Crippen LogP contribution in [0.2, 0.25) is 0 Å². The summed E-state index contributed by atoms with van der Waals surface area (Å²) in [6.45, 7) is 3.97. The average molecular weight is 233 g/mol. The zero-order valence-electron chi connectivity index (χ0n) is 10.4. The topological polar surface area (TPSA) is 71.9 Å². The third-order valence-corrected chi connectivity index (χ3v) is 2.59. The number of ether oxygens (including phenoxy) is 1. The van der Waals surface area contributed by atoms with Gasteiger partial charge in [0, 0.05) is 18.2 Å². The van der Waals surface area contributed by atoms with E-state index in [4.69, 9.17) is 15.7 Å². The van der Waals surface area contributed by atoms with Crippen molar-refractivity contribution in [2.45, 2.75) is 45.3 Å². The molecule has 4 nitrogen and oxygen atoms in total. The van der Waals surface area contributed by atoms with Crippen LogP contribution >= 0.6 is 0 Å². The normalized spacial score (nSPS) is 13.8. The molecule has 17 heavy (non-hydrogen) atoms. The van der Waals surface area contributed by atoms with Crippen molar-refractivity contribution in [2.75, 3.05) is 0 Å². The molecule has 0 aromatic carbocycles. The van der Waals surface area contributed by atoms with Crippen LogP contribution in [-0.4, -0.2) is 17.1 Å². The summed E-state index contributed by atoms with van der Waals surface area (Å²) in [7, 11) is 0. The second kappa shape index (κ2) is 6.87. The van der Waals surface area contributed by atoms with Crippen LogP contribution in [0, 0.1) is 11.3 Å². The molecule has 4 heteroatoms. The summed E-state index contributed by atoms with van der Waals surface area (Å²) in [6, 6.07) is 5.97. The van der Waals surface area contributed by atoms with Crippen molar-refractivity contribution >= 4 is 0 Å². The zero-order valence-corrected chi connectivity index (χ0v) is 10.4. The van der Waals surface area contributed by atoms with E-state index in [9.17, 15) is 0 Å². The number of aromatic nitrogens is 1. The minimum Gasteiger partial charge on any atom is -0.474 e. The van der Waals surface area contributed by atoms with E-state index in [-0.39, 0.29) is 6.04 Å². The second-order valence-electron chi connectivity index (χ2n) is 4.00. The van der Waals surface area contributed by atoms with Crippen molar-refractivity contribution < 1.29 is 4.74 Å². The highest BCUT2D eigenvalue weighted by Crippen LogP contribution is 2.13. The maximum atomic E-state index is 8.78. The molecule has 0 aliphatic carbocycles. The molecular weight excluding hydrogens is 214 g/mol. The van der Waals surface area contributed by atoms with Gasteiger partial charge in [-0.3, -0.25) is 4.98 Å². The van der Waals surface area contributed by atoms with Gasteiger partial charge in [-0.1, -0.05) is 13.8 Å². The van der Waals surface area contributed by atoms with Gasteiger partial charge in [0.2, 0.25) is 0 Å². The van der Waals surface area contributed by atoms with Crippen molar-refractivity contribution in [3.05, 3.63) is 24.0 Å². The van der Waals surface area contributed by atoms with Crippen LogP contribution < -0.4 is 10.5 Å². The van der Waals surface area contributed by atoms with E-state index in [1.807, 2.05) is 19.1 Å². The molecule has 0 spiro atoms. The maximum absolute atomic E-state index is 8.78. The Labute approximate surface area is 102 Å². The van der Waals surface area contributed by atoms with Gasteiger partial charge in [0.05, 0.1) is 6.20 Å². The van der Waals surface area contributed by atoms with Gasteiger partial charge in [0.25, 0.3) is 0 Å². The number of hydrogen-bond acceptors (Lipinski definition) is 4. The fraction of sp³-hybridized carbons (Fsp3) is 0.538. The van der Waals surface area contributed by atoms with Crippen LogP contribution in [0.3, 0.4) is 0 Å². The number of rotatable bonds is 6. The Morgan fingerprint density at radius 1 is 1.41 bits per heavy atom. The van der Waals surface area contributed by atoms with E-state index in [0.717, 1.165) is 18.5 Å². The van der Waals surface area contributed by atoms with Crippen molar-refractivity contribution in [2.24, 2.45) is 5.73 Å². The number of pyridine rings is 1. The first-order valence-corrected chi connectivity index (χ1v) is 5.96. The summed E-state index contributed by atoms with van der Waals surface area (Å²) in [4.78, 5) is 4.27. The van der Waals surface area contributed by atoms with E-state index >= 15 is 0 Å². The Bertz CT molecular complexity index is 369. The van der Waals surface area contributed by atoms with E-state index in [1.165, 1.54) is 0 Å². The Balaban J connectivity index is 2.59. The second-order valence-corrected chi connectivity index (χ2v) is 4.00. The molecule has 2 unspecified atom stereocenters. The molecule has 1 rings (SSSR count). The van der Waals surface area contributed by atoms with Gasteiger partial charge < -0.3 is 10.5 Å². The number of nitriles is 1. The van der Waals surface area contributed by atoms with E-state index in [2.05, 4.69) is 18.0 Å². The lowest BCUT2D eigenvalue weighted by molar-refractivity contribution is 0.251. The quantitative estimate of drug-likeness (QED) is 0.816. The fourth-order valence-corrected chi connectivity index (χ4v) is 1.38. The summed E-state index contributed by atoms with van der Waals surface area (Å²) in [5.41, 5.74) is 6.81. The Kier molecular flexibility index (Phi) is 5.44. The highest BCUT2D eigenvalue weighted by Gasteiger charge is 2.07. The SMILES string of the molecule is CCC(N)Cc1ccc(OC(C#N)CC)cn1. The molecule has 0 aliphatic rings. The first kappa shape index (κ1) is 13.5. The van der Waals surface area contributed by atoms with E-state index in [0.29, 0.717) is 12.2 Å². The van der Waals surface area contributed by atoms with E-state index in [1.54, 1.807) is 6.20 Å². The molecule has 1 aromatic heterocycles. The molecule has 1 aromatic rings. The third kappa shape index (κ3) is 4.41. The summed E-state index contributed by atoms with van der Waals surface area (Å²) < 4.78 is 5.44. The molecular formula is C13H19N3O. The number of nitrogens with zero attached hydrogens (tertiary/aromatic N) is 2. The summed E-state index contributed by atoms with van der Waals surface area (Å²) in [6.07, 6.45) is 3.62. The minimum absolute atomic E-state index is 0.150. The predicted octanol–water partition coefficient (Wildman–Crippen LogP) is 2.04. The molecule has 0 aliphatic heterocycles. The molecule has 1 heterocycles. The van der Waals surface area contributed by atoms with Gasteiger partial charge in [-0.2, -0.15) is 5.26 Å². The van der Waals surface area contributed by atoms with Gasteiger partial charge in [0.1, 0.15) is 11.8 Å². The highest BCUT2D eigenvalue weighted by molar-refractivity contribution is 5.21. The smallest absolute Gasteiger partial charge is 0.184 e. The number of nitrogens with two attached hydrogens (primary N) is 1. The van der Waals surface area contributed by atoms with Crippen LogP contribution in [0.1, 0.15) is 32.4 Å². The largest absolute Gasteiger partial charge is 0.474 e. The van der Waals surface area contributed by atoms with Gasteiger partial charge in [0.15, 0.2) is 6.10 Å². The molecule has 0 radical (unpaired) electrons. The molecule has 2 N–H and O–H groups in total. The first-order chi connectivity index (χ1) is 8.19. The maximum Gasteiger partial charge on any atom is 0.184 e. The molecule has 0 amide bonds. The van der Waals surface area contributed by atoms with Crippen molar-refractivity contribution in [1.29, 1.82) is 5.26 Å². The molecule has 92 valence electrons. The fourth-order valence-electron chi connectivity index (χ4n) is 1.38. The molecule has 0 saturated carbocycles.